The molecule has 42 valence electrons. The fourth-order valence-electron chi connectivity index (χ4n) is 0. The van der Waals surface area contributed by atoms with Crippen LogP contribution in [0.15, 0.2) is 0 Å². The van der Waals surface area contributed by atoms with E-state index in [-0.39, 0.29) is 64.9 Å². The fourth-order valence-corrected chi connectivity index (χ4v) is 0. The number of rotatable bonds is 1. The molecule has 0 saturated carbocycles. The standard InChI is InChI=1S/C2H6O3S.2Na.2H/c1-2-6(3,4)5;;;;/h2H2,1H3,(H,3,4,5);;;;. The molecule has 0 aliphatic carbocycles. The van der Waals surface area contributed by atoms with Gasteiger partial charge < -0.3 is 0 Å². The molecule has 0 fully saturated rings. The molecule has 0 aliphatic heterocycles. The molecule has 0 bridgehead atoms. The van der Waals surface area contributed by atoms with Gasteiger partial charge in [0.2, 0.25) is 0 Å². The van der Waals surface area contributed by atoms with Crippen LogP contribution in [0, 0.1) is 0 Å². The van der Waals surface area contributed by atoms with Crippen molar-refractivity contribution in [3.63, 3.8) is 0 Å². The fraction of sp³-hybridized carbons (Fsp3) is 1.00. The van der Waals surface area contributed by atoms with Crippen molar-refractivity contribution in [2.75, 3.05) is 5.75 Å². The molecular formula is C2H8Na2O3S. The van der Waals surface area contributed by atoms with E-state index in [2.05, 4.69) is 0 Å². The van der Waals surface area contributed by atoms with Crippen LogP contribution in [0.2, 0.25) is 0 Å². The molecule has 0 spiro atoms. The van der Waals surface area contributed by atoms with Gasteiger partial charge in [-0.05, 0) is 6.92 Å². The molecule has 0 unspecified atom stereocenters. The van der Waals surface area contributed by atoms with E-state index in [4.69, 9.17) is 4.55 Å². The quantitative estimate of drug-likeness (QED) is 0.377. The average Bonchev–Trinajstić information content (AvgIpc) is 1.35. The third-order valence-corrected chi connectivity index (χ3v) is 1.09. The third-order valence-electron chi connectivity index (χ3n) is 0.365. The molecule has 0 aromatic carbocycles. The van der Waals surface area contributed by atoms with Gasteiger partial charge in [-0.2, -0.15) is 8.42 Å². The van der Waals surface area contributed by atoms with Crippen molar-refractivity contribution >= 4 is 69.2 Å². The molecule has 3 nitrogen and oxygen atoms in total. The second-order valence-corrected chi connectivity index (χ2v) is 2.61. The minimum absolute atomic E-state index is 0. The summed E-state index contributed by atoms with van der Waals surface area (Å²) in [4.78, 5) is 0. The van der Waals surface area contributed by atoms with Crippen molar-refractivity contribution in [1.29, 1.82) is 0 Å². The van der Waals surface area contributed by atoms with E-state index in [1.807, 2.05) is 0 Å². The summed E-state index contributed by atoms with van der Waals surface area (Å²) in [5.74, 6) is -0.201. The Labute approximate surface area is 93.6 Å². The molecule has 0 heterocycles. The van der Waals surface area contributed by atoms with E-state index in [1.54, 1.807) is 0 Å². The Morgan fingerprint density at radius 3 is 1.50 bits per heavy atom. The summed E-state index contributed by atoms with van der Waals surface area (Å²) in [6.45, 7) is 1.37. The van der Waals surface area contributed by atoms with E-state index in [0.29, 0.717) is 0 Å². The predicted molar refractivity (Wildman–Crippen MR) is 36.4 cm³/mol. The van der Waals surface area contributed by atoms with Gasteiger partial charge in [0.25, 0.3) is 10.1 Å². The van der Waals surface area contributed by atoms with Gasteiger partial charge in [-0.1, -0.05) is 0 Å². The molecular weight excluding hydrogens is 150 g/mol. The van der Waals surface area contributed by atoms with Gasteiger partial charge in [-0.25, -0.2) is 0 Å². The van der Waals surface area contributed by atoms with Crippen molar-refractivity contribution in [2.24, 2.45) is 0 Å². The van der Waals surface area contributed by atoms with Crippen molar-refractivity contribution in [2.45, 2.75) is 6.92 Å². The van der Waals surface area contributed by atoms with Gasteiger partial charge in [0, 0.05) is 0 Å². The third kappa shape index (κ3) is 15.7. The summed E-state index contributed by atoms with van der Waals surface area (Å²) in [7, 11) is -3.66. The first-order chi connectivity index (χ1) is 2.56. The van der Waals surface area contributed by atoms with Crippen LogP contribution in [0.3, 0.4) is 0 Å². The van der Waals surface area contributed by atoms with Crippen molar-refractivity contribution in [1.82, 2.24) is 0 Å². The van der Waals surface area contributed by atoms with Crippen LogP contribution in [0.5, 0.6) is 0 Å². The Morgan fingerprint density at radius 2 is 1.50 bits per heavy atom. The van der Waals surface area contributed by atoms with Crippen molar-refractivity contribution in [3.05, 3.63) is 0 Å². The summed E-state index contributed by atoms with van der Waals surface area (Å²) in [5, 5.41) is 0. The Balaban J connectivity index is -0.000000125. The Bertz CT molecular complexity index is 117. The summed E-state index contributed by atoms with van der Waals surface area (Å²) in [6.07, 6.45) is 0. The van der Waals surface area contributed by atoms with Gasteiger partial charge >= 0.3 is 59.1 Å². The second kappa shape index (κ2) is 7.02. The topological polar surface area (TPSA) is 54.4 Å². The zero-order valence-corrected chi connectivity index (χ0v) is 4.20. The molecule has 1 N–H and O–H groups in total. The van der Waals surface area contributed by atoms with Crippen LogP contribution >= 0.6 is 0 Å². The summed E-state index contributed by atoms with van der Waals surface area (Å²) in [6, 6.07) is 0. The van der Waals surface area contributed by atoms with Crippen molar-refractivity contribution < 1.29 is 13.0 Å². The Hall–Kier alpha value is 1.91. The van der Waals surface area contributed by atoms with Gasteiger partial charge in [0.15, 0.2) is 0 Å². The molecule has 6 heteroatoms. The van der Waals surface area contributed by atoms with Crippen LogP contribution in [0.1, 0.15) is 6.92 Å². The maximum absolute atomic E-state index is 9.56. The summed E-state index contributed by atoms with van der Waals surface area (Å²) < 4.78 is 26.9. The first-order valence-electron chi connectivity index (χ1n) is 1.51. The molecule has 0 aromatic rings. The first kappa shape index (κ1) is 16.5. The van der Waals surface area contributed by atoms with E-state index >= 15 is 0 Å². The van der Waals surface area contributed by atoms with Crippen LogP contribution in [-0.2, 0) is 10.1 Å². The van der Waals surface area contributed by atoms with Crippen LogP contribution in [0.25, 0.3) is 0 Å². The van der Waals surface area contributed by atoms with E-state index in [9.17, 15) is 8.42 Å². The van der Waals surface area contributed by atoms with Gasteiger partial charge in [-0.15, -0.1) is 0 Å². The van der Waals surface area contributed by atoms with E-state index in [0.717, 1.165) is 0 Å². The zero-order chi connectivity index (χ0) is 5.21. The molecule has 0 aromatic heterocycles. The molecule has 0 saturated heterocycles. The molecule has 0 aliphatic rings. The molecule has 0 radical (unpaired) electrons. The Kier molecular flexibility index (Phi) is 14.5. The predicted octanol–water partition coefficient (Wildman–Crippen LogP) is -1.40. The second-order valence-electron chi connectivity index (χ2n) is 0.871. The molecule has 8 heavy (non-hydrogen) atoms. The van der Waals surface area contributed by atoms with Gasteiger partial charge in [0.1, 0.15) is 0 Å². The van der Waals surface area contributed by atoms with Crippen molar-refractivity contribution in [3.8, 4) is 0 Å². The van der Waals surface area contributed by atoms with Gasteiger partial charge in [-0.3, -0.25) is 4.55 Å². The SMILES string of the molecule is CCS(=O)(=O)O.[NaH].[NaH]. The molecule has 0 rings (SSSR count). The normalized spacial score (nSPS) is 8.75. The molecule has 0 atom stereocenters. The van der Waals surface area contributed by atoms with Gasteiger partial charge in [0.05, 0.1) is 5.75 Å². The number of hydrogen-bond donors (Lipinski definition) is 1. The monoisotopic (exact) mass is 158 g/mol. The minimum atomic E-state index is -3.66. The van der Waals surface area contributed by atoms with Crippen LogP contribution in [0.4, 0.5) is 0 Å². The first-order valence-corrected chi connectivity index (χ1v) is 3.12. The van der Waals surface area contributed by atoms with Crippen LogP contribution < -0.4 is 0 Å². The summed E-state index contributed by atoms with van der Waals surface area (Å²) >= 11 is 0. The molecule has 0 amide bonds. The van der Waals surface area contributed by atoms with Crippen LogP contribution in [-0.4, -0.2) is 77.8 Å². The Morgan fingerprint density at radius 1 is 1.38 bits per heavy atom. The van der Waals surface area contributed by atoms with E-state index < -0.39 is 10.1 Å². The average molecular weight is 158 g/mol. The number of hydrogen-bond acceptors (Lipinski definition) is 2. The maximum atomic E-state index is 9.56. The van der Waals surface area contributed by atoms with E-state index in [1.165, 1.54) is 6.92 Å². The zero-order valence-electron chi connectivity index (χ0n) is 3.38. The summed E-state index contributed by atoms with van der Waals surface area (Å²) in [5.41, 5.74) is 0.